The van der Waals surface area contributed by atoms with E-state index in [-0.39, 0.29) is 5.89 Å². The van der Waals surface area contributed by atoms with Crippen molar-refractivity contribution >= 4 is 5.97 Å². The molecule has 4 rings (SSSR count). The third kappa shape index (κ3) is 4.42. The van der Waals surface area contributed by atoms with Crippen LogP contribution < -0.4 is 4.74 Å². The van der Waals surface area contributed by atoms with Gasteiger partial charge in [-0.05, 0) is 56.7 Å². The number of nitrogens with zero attached hydrogens (tertiary/aromatic N) is 3. The maximum atomic E-state index is 12.9. The molecular weight excluding hydrogens is 406 g/mol. The van der Waals surface area contributed by atoms with E-state index in [2.05, 4.69) is 26.9 Å². The number of benzene rings is 2. The van der Waals surface area contributed by atoms with E-state index in [1.165, 1.54) is 5.56 Å². The Morgan fingerprint density at radius 2 is 1.78 bits per heavy atom. The van der Waals surface area contributed by atoms with Crippen molar-refractivity contribution in [3.63, 3.8) is 0 Å². The molecule has 0 fully saturated rings. The Morgan fingerprint density at radius 1 is 1.06 bits per heavy atom. The van der Waals surface area contributed by atoms with Gasteiger partial charge >= 0.3 is 5.97 Å². The molecule has 32 heavy (non-hydrogen) atoms. The molecule has 2 aromatic heterocycles. The lowest BCUT2D eigenvalue weighted by atomic mass is 10.2. The number of hydrogen-bond donors (Lipinski definition) is 0. The molecule has 1 unspecified atom stereocenters. The fourth-order valence-electron chi connectivity index (χ4n) is 3.54. The third-order valence-corrected chi connectivity index (χ3v) is 5.39. The van der Waals surface area contributed by atoms with Gasteiger partial charge in [0, 0.05) is 23.5 Å². The van der Waals surface area contributed by atoms with Gasteiger partial charge in [0.15, 0.2) is 6.10 Å². The molecule has 0 aliphatic rings. The summed E-state index contributed by atoms with van der Waals surface area (Å²) in [6.45, 7) is 6.31. The van der Waals surface area contributed by atoms with Gasteiger partial charge in [0.2, 0.25) is 5.89 Å². The van der Waals surface area contributed by atoms with Crippen LogP contribution in [0.5, 0.6) is 5.75 Å². The van der Waals surface area contributed by atoms with Gasteiger partial charge < -0.3 is 18.5 Å². The molecule has 0 saturated heterocycles. The van der Waals surface area contributed by atoms with Gasteiger partial charge in [-0.15, -0.1) is 10.2 Å². The molecule has 0 spiro atoms. The third-order valence-electron chi connectivity index (χ3n) is 5.39. The van der Waals surface area contributed by atoms with Crippen molar-refractivity contribution in [1.29, 1.82) is 0 Å². The molecule has 2 aromatic carbocycles. The molecule has 0 radical (unpaired) electrons. The highest BCUT2D eigenvalue weighted by Gasteiger charge is 2.23. The molecule has 0 amide bonds. The van der Waals surface area contributed by atoms with Crippen LogP contribution in [0.25, 0.3) is 11.5 Å². The van der Waals surface area contributed by atoms with E-state index in [0.29, 0.717) is 18.0 Å². The van der Waals surface area contributed by atoms with Gasteiger partial charge in [0.05, 0.1) is 12.7 Å². The largest absolute Gasteiger partial charge is 0.497 e. The summed E-state index contributed by atoms with van der Waals surface area (Å²) in [4.78, 5) is 12.9. The number of rotatable bonds is 7. The lowest BCUT2D eigenvalue weighted by molar-refractivity contribution is 0.0279. The van der Waals surface area contributed by atoms with Crippen LogP contribution in [-0.4, -0.2) is 27.8 Å². The van der Waals surface area contributed by atoms with Crippen molar-refractivity contribution in [3.8, 4) is 17.2 Å². The molecule has 4 aromatic rings. The van der Waals surface area contributed by atoms with Crippen LogP contribution in [0.3, 0.4) is 0 Å². The average Bonchev–Trinajstić information content (AvgIpc) is 3.41. The summed E-state index contributed by atoms with van der Waals surface area (Å²) >= 11 is 0. The number of esters is 1. The summed E-state index contributed by atoms with van der Waals surface area (Å²) in [5.41, 5.74) is 4.30. The zero-order valence-electron chi connectivity index (χ0n) is 18.5. The number of methoxy groups -OCH3 is 1. The predicted octanol–water partition coefficient (Wildman–Crippen LogP) is 5.13. The second-order valence-electron chi connectivity index (χ2n) is 7.58. The molecule has 0 saturated carbocycles. The van der Waals surface area contributed by atoms with Crippen LogP contribution in [0.4, 0.5) is 0 Å². The van der Waals surface area contributed by atoms with Gasteiger partial charge in [-0.1, -0.05) is 30.3 Å². The van der Waals surface area contributed by atoms with Crippen molar-refractivity contribution in [3.05, 3.63) is 89.1 Å². The van der Waals surface area contributed by atoms with E-state index in [1.54, 1.807) is 14.0 Å². The summed E-state index contributed by atoms with van der Waals surface area (Å²) in [5.74, 6) is 0.906. The van der Waals surface area contributed by atoms with Gasteiger partial charge in [0.1, 0.15) is 5.75 Å². The van der Waals surface area contributed by atoms with Crippen molar-refractivity contribution in [2.45, 2.75) is 33.4 Å². The maximum absolute atomic E-state index is 12.9. The molecule has 0 aliphatic heterocycles. The molecule has 7 heteroatoms. The van der Waals surface area contributed by atoms with Gasteiger partial charge in [-0.2, -0.15) is 0 Å². The Balaban J connectivity index is 1.47. The molecule has 164 valence electrons. The van der Waals surface area contributed by atoms with Gasteiger partial charge in [-0.25, -0.2) is 4.79 Å². The van der Waals surface area contributed by atoms with Crippen LogP contribution >= 0.6 is 0 Å². The topological polar surface area (TPSA) is 79.4 Å². The number of ether oxygens (including phenoxy) is 2. The first-order valence-corrected chi connectivity index (χ1v) is 10.4. The maximum Gasteiger partial charge on any atom is 0.340 e. The highest BCUT2D eigenvalue weighted by Crippen LogP contribution is 2.26. The Labute approximate surface area is 186 Å². The summed E-state index contributed by atoms with van der Waals surface area (Å²) in [5, 5.41) is 8.13. The Kier molecular flexibility index (Phi) is 6.07. The van der Waals surface area contributed by atoms with Crippen LogP contribution in [0.15, 0.2) is 65.1 Å². The second kappa shape index (κ2) is 9.09. The zero-order valence-corrected chi connectivity index (χ0v) is 18.5. The zero-order chi connectivity index (χ0) is 22.7. The van der Waals surface area contributed by atoms with Crippen LogP contribution in [0.2, 0.25) is 0 Å². The first-order valence-electron chi connectivity index (χ1n) is 10.4. The summed E-state index contributed by atoms with van der Waals surface area (Å²) in [7, 11) is 1.61. The minimum atomic E-state index is -0.681. The minimum absolute atomic E-state index is 0.238. The van der Waals surface area contributed by atoms with E-state index in [4.69, 9.17) is 13.9 Å². The van der Waals surface area contributed by atoms with Crippen LogP contribution in [0, 0.1) is 13.8 Å². The molecule has 2 heterocycles. The quantitative estimate of drug-likeness (QED) is 0.378. The minimum Gasteiger partial charge on any atom is -0.497 e. The molecule has 0 bridgehead atoms. The Morgan fingerprint density at radius 3 is 2.47 bits per heavy atom. The Bertz CT molecular complexity index is 1210. The smallest absolute Gasteiger partial charge is 0.340 e. The van der Waals surface area contributed by atoms with E-state index >= 15 is 0 Å². The SMILES string of the molecule is COc1ccc(-c2nnc(C(C)OC(=O)c3cc(C)n(Cc4ccccc4)c3C)o2)cc1. The number of aromatic nitrogens is 3. The summed E-state index contributed by atoms with van der Waals surface area (Å²) < 4.78 is 18.6. The van der Waals surface area contributed by atoms with Crippen molar-refractivity contribution in [2.75, 3.05) is 7.11 Å². The summed E-state index contributed by atoms with van der Waals surface area (Å²) in [6.07, 6.45) is -0.681. The number of carbonyl (C=O) groups excluding carboxylic acids is 1. The molecule has 0 aliphatic carbocycles. The van der Waals surface area contributed by atoms with E-state index in [0.717, 1.165) is 22.7 Å². The normalized spacial score (nSPS) is 11.9. The van der Waals surface area contributed by atoms with Crippen molar-refractivity contribution in [2.24, 2.45) is 0 Å². The number of hydrogen-bond acceptors (Lipinski definition) is 6. The van der Waals surface area contributed by atoms with Crippen molar-refractivity contribution in [1.82, 2.24) is 14.8 Å². The monoisotopic (exact) mass is 431 g/mol. The lowest BCUT2D eigenvalue weighted by Gasteiger charge is -2.11. The lowest BCUT2D eigenvalue weighted by Crippen LogP contribution is -2.11. The van der Waals surface area contributed by atoms with E-state index in [1.807, 2.05) is 62.4 Å². The van der Waals surface area contributed by atoms with Gasteiger partial charge in [0.25, 0.3) is 5.89 Å². The van der Waals surface area contributed by atoms with E-state index < -0.39 is 12.1 Å². The molecule has 1 atom stereocenters. The predicted molar refractivity (Wildman–Crippen MR) is 120 cm³/mol. The standard InChI is InChI=1S/C25H25N3O4/c1-16-14-22(17(2)28(16)15-19-8-6-5-7-9-19)25(29)31-18(3)23-26-27-24(32-23)20-10-12-21(30-4)13-11-20/h5-14,18H,15H2,1-4H3. The van der Waals surface area contributed by atoms with E-state index in [9.17, 15) is 4.79 Å². The average molecular weight is 431 g/mol. The highest BCUT2D eigenvalue weighted by molar-refractivity contribution is 5.91. The second-order valence-corrected chi connectivity index (χ2v) is 7.58. The Hall–Kier alpha value is -3.87. The van der Waals surface area contributed by atoms with Gasteiger partial charge in [-0.3, -0.25) is 0 Å². The summed E-state index contributed by atoms with van der Waals surface area (Å²) in [6, 6.07) is 19.3. The fourth-order valence-corrected chi connectivity index (χ4v) is 3.54. The highest BCUT2D eigenvalue weighted by atomic mass is 16.6. The van der Waals surface area contributed by atoms with Crippen molar-refractivity contribution < 1.29 is 18.7 Å². The molecule has 0 N–H and O–H groups in total. The first kappa shape index (κ1) is 21.4. The van der Waals surface area contributed by atoms with Crippen LogP contribution in [0.1, 0.15) is 46.2 Å². The number of aryl methyl sites for hydroxylation is 1. The van der Waals surface area contributed by atoms with Crippen LogP contribution in [-0.2, 0) is 11.3 Å². The number of carbonyl (C=O) groups is 1. The molecule has 7 nitrogen and oxygen atoms in total. The first-order chi connectivity index (χ1) is 15.5. The fraction of sp³-hybridized carbons (Fsp3) is 0.240. The molecular formula is C25H25N3O4.